The molecule has 0 radical (unpaired) electrons. The van der Waals surface area contributed by atoms with Crippen LogP contribution in [-0.2, 0) is 5.41 Å². The summed E-state index contributed by atoms with van der Waals surface area (Å²) >= 11 is 0. The molecule has 0 atom stereocenters. The van der Waals surface area contributed by atoms with E-state index in [-0.39, 0.29) is 128 Å². The highest BCUT2D eigenvalue weighted by molar-refractivity contribution is 7.00. The lowest BCUT2D eigenvalue weighted by atomic mass is 9.33. The minimum Gasteiger partial charge on any atom is -0.452 e. The number of para-hydroxylation sites is 8. The molecule has 0 spiro atoms. The molecule has 21 rings (SSSR count). The van der Waals surface area contributed by atoms with E-state index in [1.165, 1.54) is 13.7 Å². The van der Waals surface area contributed by atoms with Gasteiger partial charge in [-0.3, -0.25) is 0 Å². The standard InChI is InChI=1S/C94H64BN5O/c1-94(2,3)63-55-74(60-29-9-5-10-30-60)91(75(56-63)61-31-11-6-12-32-61)100-87-58-65(97-80-43-21-15-35-68(80)69-36-16-22-44-81(69)97)50-52-77(87)95-76-51-49-64(96-78-41-19-13-33-66(78)67-34-14-20-42-79(67)96)57-86(76)99(88-53-62(54-89(100)90(88)95)59-27-7-4-8-28-59)85-48-26-40-73-72-39-25-47-84(92(72)101-93(73)85)98-82-45-23-17-37-70(82)71-38-18-24-46-83(71)98/h4-58H,1-3H3/i4D,7D,8D,13D,14D,15D,16D,17D,18D,19D,20D,21D,22D,23D,24D,27D,28D,33D,34D,35D,36D,37D,38D,41D,42D,43D,44D,45D,46D. The van der Waals surface area contributed by atoms with Crippen molar-refractivity contribution in [3.05, 3.63) is 339 Å². The molecule has 4 aromatic heterocycles. The maximum Gasteiger partial charge on any atom is 0.252 e. The lowest BCUT2D eigenvalue weighted by Crippen LogP contribution is -2.61. The van der Waals surface area contributed by atoms with Gasteiger partial charge in [0.05, 0.1) is 89.9 Å². The van der Waals surface area contributed by atoms with Gasteiger partial charge in [0.1, 0.15) is 0 Å². The van der Waals surface area contributed by atoms with Crippen molar-refractivity contribution in [1.29, 1.82) is 0 Å². The smallest absolute Gasteiger partial charge is 0.252 e. The minimum atomic E-state index is -1.13. The van der Waals surface area contributed by atoms with E-state index in [0.717, 1.165) is 5.56 Å². The van der Waals surface area contributed by atoms with E-state index >= 15 is 0 Å². The lowest BCUT2D eigenvalue weighted by Gasteiger charge is -2.45. The summed E-state index contributed by atoms with van der Waals surface area (Å²) in [6.45, 7) is 5.09. The van der Waals surface area contributed by atoms with Gasteiger partial charge in [0.2, 0.25) is 0 Å². The van der Waals surface area contributed by atoms with Gasteiger partial charge in [0.25, 0.3) is 6.71 Å². The fraction of sp³-hybridized carbons (Fsp3) is 0.0426. The third-order valence-electron chi connectivity index (χ3n) is 19.8. The molecule has 6 heterocycles. The van der Waals surface area contributed by atoms with Gasteiger partial charge in [-0.2, -0.15) is 0 Å². The lowest BCUT2D eigenvalue weighted by molar-refractivity contribution is 0.591. The predicted octanol–water partition coefficient (Wildman–Crippen LogP) is 23.3. The van der Waals surface area contributed by atoms with Crippen molar-refractivity contribution in [2.24, 2.45) is 0 Å². The Labute approximate surface area is 625 Å². The van der Waals surface area contributed by atoms with Gasteiger partial charge >= 0.3 is 0 Å². The third kappa shape index (κ3) is 8.47. The van der Waals surface area contributed by atoms with E-state index in [2.05, 4.69) is 32.9 Å². The Balaban J connectivity index is 0.979. The van der Waals surface area contributed by atoms with Gasteiger partial charge in [-0.1, -0.05) is 257 Å². The second-order valence-electron chi connectivity index (χ2n) is 26.2. The first-order chi connectivity index (χ1) is 61.8. The summed E-state index contributed by atoms with van der Waals surface area (Å²) in [5, 5.41) is -0.621. The van der Waals surface area contributed by atoms with E-state index in [9.17, 15) is 27.4 Å². The fourth-order valence-corrected chi connectivity index (χ4v) is 15.4. The van der Waals surface area contributed by atoms with Gasteiger partial charge in [0.15, 0.2) is 11.2 Å². The van der Waals surface area contributed by atoms with E-state index in [0.29, 0.717) is 60.8 Å². The molecule has 2 aliphatic heterocycles. The molecule has 6 nitrogen and oxygen atoms in total. The average Bonchev–Trinajstić information content (AvgIpc) is 0.972. The van der Waals surface area contributed by atoms with Crippen molar-refractivity contribution in [2.45, 2.75) is 26.2 Å². The number of aromatic nitrogens is 3. The molecule has 0 N–H and O–H groups in total. The van der Waals surface area contributed by atoms with Crippen LogP contribution in [0.1, 0.15) is 66.1 Å². The van der Waals surface area contributed by atoms with Gasteiger partial charge in [0, 0.05) is 88.3 Å². The summed E-state index contributed by atoms with van der Waals surface area (Å²) < 4.78 is 285. The highest BCUT2D eigenvalue weighted by Crippen LogP contribution is 2.54. The summed E-state index contributed by atoms with van der Waals surface area (Å²) in [7, 11) is 0. The second-order valence-corrected chi connectivity index (χ2v) is 26.2. The summed E-state index contributed by atoms with van der Waals surface area (Å²) in [6.07, 6.45) is 0. The van der Waals surface area contributed by atoms with Crippen LogP contribution in [-0.4, -0.2) is 20.4 Å². The van der Waals surface area contributed by atoms with Crippen molar-refractivity contribution in [2.75, 3.05) is 9.80 Å². The van der Waals surface area contributed by atoms with Crippen LogP contribution in [0.15, 0.2) is 337 Å². The number of anilines is 6. The van der Waals surface area contributed by atoms with Crippen molar-refractivity contribution < 1.29 is 44.2 Å². The molecule has 0 unspecified atom stereocenters. The van der Waals surface area contributed by atoms with Crippen LogP contribution in [0.5, 0.6) is 0 Å². The fourth-order valence-electron chi connectivity index (χ4n) is 15.4. The van der Waals surface area contributed by atoms with Gasteiger partial charge < -0.3 is 27.9 Å². The number of nitrogens with zero attached hydrogens (tertiary/aromatic N) is 5. The van der Waals surface area contributed by atoms with Gasteiger partial charge in [-0.25, -0.2) is 0 Å². The molecule has 0 amide bonds. The molecule has 0 saturated carbocycles. The maximum atomic E-state index is 10.1. The topological polar surface area (TPSA) is 34.4 Å². The maximum absolute atomic E-state index is 10.1. The van der Waals surface area contributed by atoms with Crippen molar-refractivity contribution >= 4 is 145 Å². The van der Waals surface area contributed by atoms with E-state index in [4.69, 9.17) is 16.8 Å². The SMILES string of the molecule is [2H]c1c([2H])c([2H])c(-c2cc3c4c(c2)N(c2cccc5c2oc2c(-n6c7c([2H])c([2H])c([2H])c([2H])c7c7c([2H])c([2H])c([2H])c([2H])c76)cccc25)c2cc(-n5c6c([2H])c([2H])c([2H])c([2H])c6c6c([2H])c([2H])c([2H])c([2H])c65)ccc2B4c2ccc(-n4c5c([2H])c([2H])c([2H])c([2H])c5c5c([2H])c([2H])c([2H])c([2H])c54)cc2N3c2c(-c3ccccc3)cc(C(C)(C)C)cc2-c2ccccc2)c([2H])c1[2H]. The molecule has 474 valence electrons. The summed E-state index contributed by atoms with van der Waals surface area (Å²) in [4.78, 5) is 3.79. The van der Waals surface area contributed by atoms with Crippen LogP contribution in [0.4, 0.5) is 34.1 Å². The Hall–Kier alpha value is -12.8. The first-order valence-corrected chi connectivity index (χ1v) is 32.7. The molecule has 19 aromatic rings. The Bertz CT molecular complexity index is 8170. The van der Waals surface area contributed by atoms with Crippen LogP contribution in [0.3, 0.4) is 0 Å². The molecule has 2 aliphatic rings. The van der Waals surface area contributed by atoms with E-state index < -0.39 is 187 Å². The van der Waals surface area contributed by atoms with Gasteiger partial charge in [-0.05, 0) is 147 Å². The van der Waals surface area contributed by atoms with Crippen molar-refractivity contribution in [3.8, 4) is 50.4 Å². The van der Waals surface area contributed by atoms with Crippen molar-refractivity contribution in [3.63, 3.8) is 0 Å². The van der Waals surface area contributed by atoms with Gasteiger partial charge in [-0.15, -0.1) is 0 Å². The molecular weight excluding hydrogens is 1230 g/mol. The van der Waals surface area contributed by atoms with Crippen molar-refractivity contribution in [1.82, 2.24) is 13.7 Å². The zero-order chi connectivity index (χ0) is 92.0. The summed E-state index contributed by atoms with van der Waals surface area (Å²) in [5.74, 6) is 0. The monoisotopic (exact) mass is 1320 g/mol. The first-order valence-electron chi connectivity index (χ1n) is 47.2. The van der Waals surface area contributed by atoms with Crippen LogP contribution in [0.2, 0.25) is 0 Å². The molecule has 0 fully saturated rings. The molecule has 0 aliphatic carbocycles. The zero-order valence-electron chi connectivity index (χ0n) is 82.7. The van der Waals surface area contributed by atoms with Crippen LogP contribution in [0, 0.1) is 0 Å². The van der Waals surface area contributed by atoms with Crippen LogP contribution < -0.4 is 26.2 Å². The number of rotatable bonds is 8. The number of hydrogen-bond acceptors (Lipinski definition) is 3. The number of hydrogen-bond donors (Lipinski definition) is 0. The number of benzene rings is 15. The zero-order valence-corrected chi connectivity index (χ0v) is 53.7. The Morgan fingerprint density at radius 2 is 0.703 bits per heavy atom. The molecule has 0 saturated heterocycles. The number of fused-ring (bicyclic) bond motifs is 16. The predicted molar refractivity (Wildman–Crippen MR) is 426 cm³/mol. The highest BCUT2D eigenvalue weighted by atomic mass is 16.3. The molecule has 101 heavy (non-hydrogen) atoms. The summed E-state index contributed by atoms with van der Waals surface area (Å²) in [6, 6.07) is 28.2. The first kappa shape index (κ1) is 35.6. The summed E-state index contributed by atoms with van der Waals surface area (Å²) in [5.41, 5.74) is 4.30. The van der Waals surface area contributed by atoms with E-state index in [1.807, 2.05) is 65.6 Å². The van der Waals surface area contributed by atoms with Crippen LogP contribution >= 0.6 is 0 Å². The van der Waals surface area contributed by atoms with E-state index in [1.54, 1.807) is 89.8 Å². The number of furan rings is 1. The average molecular weight is 1320 g/mol. The normalized spacial score (nSPS) is 16.9. The molecule has 15 aromatic carbocycles. The largest absolute Gasteiger partial charge is 0.452 e. The Morgan fingerprint density at radius 3 is 1.16 bits per heavy atom. The minimum absolute atomic E-state index is 0.00382. The Morgan fingerprint density at radius 1 is 0.307 bits per heavy atom. The molecule has 7 heteroatoms. The van der Waals surface area contributed by atoms with Crippen LogP contribution in [0.25, 0.3) is 138 Å². The highest BCUT2D eigenvalue weighted by Gasteiger charge is 2.46. The third-order valence-corrected chi connectivity index (χ3v) is 19.8. The molecule has 0 bridgehead atoms. The second kappa shape index (κ2) is 21.8. The quantitative estimate of drug-likeness (QED) is 0.142. The molecular formula is C94H64BN5O. The Kier molecular flexibility index (Phi) is 7.70.